The largest absolute Gasteiger partial charge is 0.312 e. The highest BCUT2D eigenvalue weighted by Gasteiger charge is 2.35. The van der Waals surface area contributed by atoms with Crippen LogP contribution in [0, 0.1) is 0 Å². The van der Waals surface area contributed by atoms with E-state index in [4.69, 9.17) is 0 Å². The summed E-state index contributed by atoms with van der Waals surface area (Å²) >= 11 is 0. The second-order valence-electron chi connectivity index (χ2n) is 6.45. The number of hydrogen-bond acceptors (Lipinski definition) is 2. The molecule has 138 valence electrons. The highest BCUT2D eigenvalue weighted by Crippen LogP contribution is 2.45. The molecular formula is C22H28NO2P. The van der Waals surface area contributed by atoms with E-state index in [1.807, 2.05) is 36.4 Å². The highest BCUT2D eigenvalue weighted by atomic mass is 31.2. The van der Waals surface area contributed by atoms with E-state index in [0.717, 1.165) is 44.2 Å². The van der Waals surface area contributed by atoms with Crippen LogP contribution in [0.15, 0.2) is 65.7 Å². The van der Waals surface area contributed by atoms with Gasteiger partial charge in [0.25, 0.3) is 0 Å². The second-order valence-corrected chi connectivity index (χ2v) is 9.08. The summed E-state index contributed by atoms with van der Waals surface area (Å²) in [5.74, 6) is 0. The first-order valence-corrected chi connectivity index (χ1v) is 11.2. The Kier molecular flexibility index (Phi) is 8.00. The van der Waals surface area contributed by atoms with E-state index in [1.165, 1.54) is 0 Å². The average Bonchev–Trinajstić information content (AvgIpc) is 2.70. The van der Waals surface area contributed by atoms with Crippen LogP contribution in [0.3, 0.4) is 0 Å². The smallest absolute Gasteiger partial charge is 0.303 e. The maximum Gasteiger partial charge on any atom is 0.312 e. The maximum absolute atomic E-state index is 13.9. The van der Waals surface area contributed by atoms with E-state index < -0.39 is 12.8 Å². The number of rotatable bonds is 9. The molecule has 0 spiro atoms. The highest BCUT2D eigenvalue weighted by molar-refractivity contribution is 7.93. The molecule has 0 aliphatic rings. The Morgan fingerprint density at radius 3 is 1.62 bits per heavy atom. The predicted octanol–water partition coefficient (Wildman–Crippen LogP) is 5.94. The van der Waals surface area contributed by atoms with Gasteiger partial charge in [-0.3, -0.25) is 4.79 Å². The van der Waals surface area contributed by atoms with Crippen LogP contribution in [0.1, 0.15) is 52.4 Å². The number of unbranched alkanes of at least 4 members (excludes halogenated alkanes) is 2. The molecule has 0 N–H and O–H groups in total. The fourth-order valence-corrected chi connectivity index (χ4v) is 5.06. The van der Waals surface area contributed by atoms with Crippen molar-refractivity contribution in [1.82, 2.24) is 0 Å². The third-order valence-electron chi connectivity index (χ3n) is 4.40. The minimum atomic E-state index is -3.46. The average molecular weight is 369 g/mol. The fraction of sp³-hybridized carbons (Fsp3) is 0.364. The van der Waals surface area contributed by atoms with E-state index in [9.17, 15) is 9.36 Å². The summed E-state index contributed by atoms with van der Waals surface area (Å²) in [6.07, 6.45) is 5.69. The van der Waals surface area contributed by atoms with Crippen molar-refractivity contribution in [1.29, 1.82) is 0 Å². The number of amides is 1. The SMILES string of the molecule is CCCCC(CCCC)=NC(=O)P(=O)(c1ccccc1)c1ccccc1. The lowest BCUT2D eigenvalue weighted by Gasteiger charge is -2.16. The van der Waals surface area contributed by atoms with Gasteiger partial charge in [0.1, 0.15) is 0 Å². The molecule has 0 unspecified atom stereocenters. The van der Waals surface area contributed by atoms with Crippen molar-refractivity contribution < 1.29 is 9.36 Å². The number of benzene rings is 2. The Labute approximate surface area is 156 Å². The zero-order valence-electron chi connectivity index (χ0n) is 15.7. The van der Waals surface area contributed by atoms with Crippen molar-refractivity contribution in [3.05, 3.63) is 60.7 Å². The van der Waals surface area contributed by atoms with Gasteiger partial charge in [-0.1, -0.05) is 87.4 Å². The first-order chi connectivity index (χ1) is 12.6. The standard InChI is InChI=1S/C22H28NO2P/c1-3-5-13-19(14-6-4-2)23-22(24)26(25,20-15-9-7-10-16-20)21-17-11-8-12-18-21/h7-12,15-18H,3-6,13-14H2,1-2H3. The third kappa shape index (κ3) is 5.02. The molecule has 4 heteroatoms. The summed E-state index contributed by atoms with van der Waals surface area (Å²) in [6.45, 7) is 4.25. The van der Waals surface area contributed by atoms with Gasteiger partial charge in [0.15, 0.2) is 0 Å². The van der Waals surface area contributed by atoms with Crippen LogP contribution >= 0.6 is 7.14 Å². The Bertz CT molecular complexity index is 716. The fourth-order valence-electron chi connectivity index (χ4n) is 2.85. The Morgan fingerprint density at radius 2 is 1.23 bits per heavy atom. The topological polar surface area (TPSA) is 46.5 Å². The van der Waals surface area contributed by atoms with Crippen LogP contribution in [-0.2, 0) is 4.57 Å². The molecule has 1 amide bonds. The molecule has 0 saturated carbocycles. The minimum absolute atomic E-state index is 0.503. The summed E-state index contributed by atoms with van der Waals surface area (Å²) in [4.78, 5) is 17.5. The first kappa shape index (κ1) is 20.3. The third-order valence-corrected chi connectivity index (χ3v) is 7.09. The molecule has 0 radical (unpaired) electrons. The van der Waals surface area contributed by atoms with Gasteiger partial charge in [0, 0.05) is 16.3 Å². The van der Waals surface area contributed by atoms with Gasteiger partial charge in [0.2, 0.25) is 7.14 Å². The number of hydrogen-bond donors (Lipinski definition) is 0. The Balaban J connectivity index is 2.46. The van der Waals surface area contributed by atoms with Crippen molar-refractivity contribution in [3.8, 4) is 0 Å². The lowest BCUT2D eigenvalue weighted by molar-refractivity contribution is 0.265. The normalized spacial score (nSPS) is 11.2. The Morgan fingerprint density at radius 1 is 0.808 bits per heavy atom. The molecule has 0 saturated heterocycles. The monoisotopic (exact) mass is 369 g/mol. The predicted molar refractivity (Wildman–Crippen MR) is 112 cm³/mol. The molecule has 0 aliphatic heterocycles. The molecule has 0 aliphatic carbocycles. The molecule has 0 fully saturated rings. The molecule has 0 heterocycles. The van der Waals surface area contributed by atoms with E-state index >= 15 is 0 Å². The molecule has 0 aromatic heterocycles. The molecule has 0 atom stereocenters. The number of nitrogens with zero attached hydrogens (tertiary/aromatic N) is 1. The zero-order valence-corrected chi connectivity index (χ0v) is 16.6. The maximum atomic E-state index is 13.9. The molecular weight excluding hydrogens is 341 g/mol. The van der Waals surface area contributed by atoms with Gasteiger partial charge in [-0.2, -0.15) is 0 Å². The molecule has 3 nitrogen and oxygen atoms in total. The zero-order chi connectivity index (χ0) is 18.8. The minimum Gasteiger partial charge on any atom is -0.303 e. The van der Waals surface area contributed by atoms with E-state index in [-0.39, 0.29) is 0 Å². The lowest BCUT2D eigenvalue weighted by atomic mass is 10.1. The van der Waals surface area contributed by atoms with Gasteiger partial charge in [-0.25, -0.2) is 4.99 Å². The van der Waals surface area contributed by atoms with Crippen LogP contribution in [0.25, 0.3) is 0 Å². The van der Waals surface area contributed by atoms with Crippen molar-refractivity contribution in [2.24, 2.45) is 4.99 Å². The van der Waals surface area contributed by atoms with Crippen LogP contribution in [0.5, 0.6) is 0 Å². The van der Waals surface area contributed by atoms with E-state index in [1.54, 1.807) is 24.3 Å². The van der Waals surface area contributed by atoms with Gasteiger partial charge < -0.3 is 4.57 Å². The van der Waals surface area contributed by atoms with Crippen LogP contribution in [0.2, 0.25) is 0 Å². The van der Waals surface area contributed by atoms with Crippen molar-refractivity contribution in [3.63, 3.8) is 0 Å². The molecule has 26 heavy (non-hydrogen) atoms. The molecule has 2 aromatic carbocycles. The summed E-state index contributed by atoms with van der Waals surface area (Å²) < 4.78 is 13.9. The van der Waals surface area contributed by atoms with Crippen LogP contribution in [-0.4, -0.2) is 11.4 Å². The summed E-state index contributed by atoms with van der Waals surface area (Å²) in [5.41, 5.74) is 0.378. The van der Waals surface area contributed by atoms with Gasteiger partial charge in [-0.15, -0.1) is 0 Å². The summed E-state index contributed by atoms with van der Waals surface area (Å²) in [5, 5.41) is 1.09. The Hall–Kier alpha value is -1.99. The number of carbonyl (C=O) groups excluding carboxylic acids is 1. The molecule has 2 rings (SSSR count). The molecule has 2 aromatic rings. The van der Waals surface area contributed by atoms with Crippen molar-refractivity contribution in [2.75, 3.05) is 0 Å². The van der Waals surface area contributed by atoms with Gasteiger partial charge in [0.05, 0.1) is 0 Å². The van der Waals surface area contributed by atoms with E-state index in [2.05, 4.69) is 18.8 Å². The van der Waals surface area contributed by atoms with Crippen molar-refractivity contribution in [2.45, 2.75) is 52.4 Å². The second kappa shape index (κ2) is 10.2. The summed E-state index contributed by atoms with van der Waals surface area (Å²) in [7, 11) is -3.46. The lowest BCUT2D eigenvalue weighted by Crippen LogP contribution is -2.21. The van der Waals surface area contributed by atoms with Crippen LogP contribution < -0.4 is 10.6 Å². The van der Waals surface area contributed by atoms with E-state index in [0.29, 0.717) is 10.6 Å². The summed E-state index contributed by atoms with van der Waals surface area (Å²) in [6, 6.07) is 18.0. The number of aliphatic imine (C=N–C) groups is 1. The number of carbonyl (C=O) groups is 1. The van der Waals surface area contributed by atoms with Crippen LogP contribution in [0.4, 0.5) is 4.79 Å². The first-order valence-electron chi connectivity index (χ1n) is 9.45. The molecule has 0 bridgehead atoms. The van der Waals surface area contributed by atoms with Gasteiger partial charge >= 0.3 is 5.65 Å². The quantitative estimate of drug-likeness (QED) is 0.405. The van der Waals surface area contributed by atoms with Crippen molar-refractivity contribution >= 4 is 29.1 Å². The van der Waals surface area contributed by atoms with Gasteiger partial charge in [-0.05, 0) is 25.7 Å².